The molecule has 23 aromatic rings. The number of ether oxygens (including phenoxy) is 3. The van der Waals surface area contributed by atoms with Crippen LogP contribution in [0.25, 0.3) is 143 Å². The smallest absolute Gasteiger partial charge is 0.227 e. The van der Waals surface area contributed by atoms with Crippen molar-refractivity contribution in [2.75, 3.05) is 14.7 Å². The van der Waals surface area contributed by atoms with Gasteiger partial charge in [-0.05, 0) is 224 Å². The van der Waals surface area contributed by atoms with E-state index >= 15 is 0 Å². The lowest BCUT2D eigenvalue weighted by Gasteiger charge is -2.33. The summed E-state index contributed by atoms with van der Waals surface area (Å²) < 4.78 is 38.1. The highest BCUT2D eigenvalue weighted by Gasteiger charge is 2.32. The highest BCUT2D eigenvalue weighted by atomic mass is 32.1. The van der Waals surface area contributed by atoms with Crippen LogP contribution < -0.4 is 28.9 Å². The molecule has 0 radical (unpaired) electrons. The monoisotopic (exact) mass is 1660 g/mol. The lowest BCUT2D eigenvalue weighted by molar-refractivity contribution is 0.477. The van der Waals surface area contributed by atoms with E-state index in [0.29, 0.717) is 11.8 Å². The number of benzene rings is 17. The van der Waals surface area contributed by atoms with Crippen LogP contribution in [0, 0.1) is 0 Å². The molecule has 18 heteroatoms. The molecule has 0 saturated carbocycles. The third kappa shape index (κ3) is 13.2. The van der Waals surface area contributed by atoms with Crippen molar-refractivity contribution >= 4 is 139 Å². The zero-order valence-corrected chi connectivity index (χ0v) is 68.6. The molecule has 16 nitrogen and oxygen atoms in total. The minimum atomic E-state index is 0.528. The maximum absolute atomic E-state index is 6.42. The number of para-hydroxylation sites is 24. The van der Waals surface area contributed by atoms with Crippen LogP contribution in [0.3, 0.4) is 0 Å². The van der Waals surface area contributed by atoms with Gasteiger partial charge in [0.05, 0.1) is 76.6 Å². The van der Waals surface area contributed by atoms with Gasteiger partial charge in [-0.25, -0.2) is 29.9 Å². The lowest BCUT2D eigenvalue weighted by atomic mass is 10.0. The largest absolute Gasteiger partial charge is 0.453 e. The number of nitrogens with zero attached hydrogens (tertiary/aromatic N) is 11. The average Bonchev–Trinajstić information content (AvgIpc) is 1.63. The van der Waals surface area contributed by atoms with E-state index < -0.39 is 0 Å². The number of hydrogen-bond acceptors (Lipinski definition) is 16. The summed E-state index contributed by atoms with van der Waals surface area (Å²) in [6.07, 6.45) is 0. The fraction of sp³-hybridized carbons (Fsp3) is 0. The first-order valence-electron chi connectivity index (χ1n) is 41.3. The third-order valence-electron chi connectivity index (χ3n) is 22.7. The van der Waals surface area contributed by atoms with Crippen molar-refractivity contribution in [2.45, 2.75) is 0 Å². The van der Waals surface area contributed by atoms with Crippen molar-refractivity contribution in [3.05, 3.63) is 406 Å². The summed E-state index contributed by atoms with van der Waals surface area (Å²) in [5.41, 5.74) is 25.5. The highest BCUT2D eigenvalue weighted by molar-refractivity contribution is 7.22. The number of oxazole rings is 2. The number of rotatable bonds is 11. The third-order valence-corrected chi connectivity index (χ3v) is 24.8. The zero-order valence-electron chi connectivity index (χ0n) is 67.0. The molecule has 17 aromatic carbocycles. The van der Waals surface area contributed by atoms with Crippen molar-refractivity contribution in [1.29, 1.82) is 0 Å². The fourth-order valence-electron chi connectivity index (χ4n) is 17.0. The normalized spacial score (nSPS) is 12.3. The summed E-state index contributed by atoms with van der Waals surface area (Å²) >= 11 is 3.43. The molecule has 0 amide bonds. The average molecular weight is 1660 g/mol. The first kappa shape index (κ1) is 73.1. The summed E-state index contributed by atoms with van der Waals surface area (Å²) in [4.78, 5) is 36.9. The Bertz CT molecular complexity index is 7300. The van der Waals surface area contributed by atoms with E-state index in [2.05, 4.69) is 254 Å². The van der Waals surface area contributed by atoms with Crippen LogP contribution in [0.1, 0.15) is 0 Å². The van der Waals surface area contributed by atoms with Gasteiger partial charge in [-0.1, -0.05) is 182 Å². The zero-order chi connectivity index (χ0) is 83.1. The summed E-state index contributed by atoms with van der Waals surface area (Å²) in [7, 11) is 0. The molecule has 0 saturated heterocycles. The summed E-state index contributed by atoms with van der Waals surface area (Å²) in [5, 5.41) is 1.98. The Kier molecular flexibility index (Phi) is 17.8. The van der Waals surface area contributed by atoms with Crippen LogP contribution in [0.5, 0.6) is 34.5 Å². The second-order valence-electron chi connectivity index (χ2n) is 30.6. The molecule has 0 aliphatic carbocycles. The molecule has 596 valence electrons. The van der Waals surface area contributed by atoms with Crippen LogP contribution in [0.15, 0.2) is 415 Å². The molecule has 0 fully saturated rings. The first-order chi connectivity index (χ1) is 62.4. The van der Waals surface area contributed by atoms with Gasteiger partial charge in [0, 0.05) is 61.8 Å². The number of thiazole rings is 2. The molecular weight excluding hydrogens is 1600 g/mol. The van der Waals surface area contributed by atoms with E-state index in [1.54, 1.807) is 22.7 Å². The van der Waals surface area contributed by atoms with E-state index in [-0.39, 0.29) is 0 Å². The number of aromatic nitrogens is 8. The number of fused-ring (bicyclic) bond motifs is 12. The second-order valence-corrected chi connectivity index (χ2v) is 32.6. The molecule has 0 unspecified atom stereocenters. The van der Waals surface area contributed by atoms with Crippen molar-refractivity contribution in [1.82, 2.24) is 39.0 Å². The van der Waals surface area contributed by atoms with Crippen molar-refractivity contribution in [3.63, 3.8) is 0 Å². The summed E-state index contributed by atoms with van der Waals surface area (Å²) in [6, 6.07) is 138. The predicted octanol–water partition coefficient (Wildman–Crippen LogP) is 30.0. The molecule has 0 spiro atoms. The molecule has 3 aliphatic rings. The van der Waals surface area contributed by atoms with Gasteiger partial charge in [-0.15, -0.1) is 22.7 Å². The number of anilines is 9. The summed E-state index contributed by atoms with van der Waals surface area (Å²) in [5.74, 6) is 7.56. The highest BCUT2D eigenvalue weighted by Crippen LogP contribution is 2.56. The van der Waals surface area contributed by atoms with Gasteiger partial charge in [0.15, 0.2) is 45.7 Å². The number of hydrogen-bond donors (Lipinski definition) is 0. The minimum absolute atomic E-state index is 0.528. The second kappa shape index (κ2) is 30.7. The van der Waals surface area contributed by atoms with E-state index in [1.807, 2.05) is 176 Å². The van der Waals surface area contributed by atoms with Crippen LogP contribution in [-0.2, 0) is 0 Å². The van der Waals surface area contributed by atoms with Gasteiger partial charge < -0.3 is 37.7 Å². The van der Waals surface area contributed by atoms with Gasteiger partial charge in [0.1, 0.15) is 32.7 Å². The summed E-state index contributed by atoms with van der Waals surface area (Å²) in [6.45, 7) is 0. The SMILES string of the molecule is c1ccc(-n2c(-c3cc(-c4nc5ccccc5n4-c4ccccc4)cc(N4c5ccccc5Oc5ccccc54)c3)nc3ccccc32)cc1.c1ccc2c(c1)Oc1ccccc1N2c1cc(-c2nc3ccccc3o2)cc(-c2nc3ccccc3o2)c1.c1ccc2c(c1)Oc1ccccc1N2c1cc(-c2nc3ccccc3s2)cc(-c2nc3ccccc3s2)c1. The molecule has 6 aromatic heterocycles. The van der Waals surface area contributed by atoms with E-state index in [4.69, 9.17) is 52.9 Å². The van der Waals surface area contributed by atoms with Gasteiger partial charge in [-0.3, -0.25) is 9.13 Å². The molecule has 0 bridgehead atoms. The van der Waals surface area contributed by atoms with Gasteiger partial charge in [0.2, 0.25) is 11.8 Å². The molecule has 26 rings (SSSR count). The maximum Gasteiger partial charge on any atom is 0.227 e. The van der Waals surface area contributed by atoms with E-state index in [9.17, 15) is 0 Å². The standard InChI is InChI=1S/C44H29N5O.C32H19N3O3.C32H19N3OS2/c1-3-15-32(16-4-1)48-37-21-9-7-19-35(37)45-43(48)30-27-31(44-46-36-20-8-10-22-38(36)49(44)33-17-5-2-6-18-33)29-34(28-30)47-39-23-11-13-25-41(39)50-42-26-14-12-24-40(42)47;1-5-13-27-23(9-1)33-31(37-27)20-17-21(32-34-24-10-2-6-14-28(24)38-32)19-22(18-20)35-25-11-3-7-15-29(25)36-30-16-8-4-12-26(30)35;1-7-15-29-23(9-1)33-31(37-29)20-17-21(32-34-24-10-2-8-16-30(24)38-32)19-22(18-20)35-25-11-3-5-13-27(25)36-28-14-6-4-12-26(28)35/h1-29H;2*1-19H. The Balaban J connectivity index is 0.000000107. The Morgan fingerprint density at radius 1 is 0.206 bits per heavy atom. The molecular formula is C108H67N11O5S2. The molecule has 0 N–H and O–H groups in total. The molecule has 9 heterocycles. The van der Waals surface area contributed by atoms with E-state index in [1.165, 1.54) is 9.40 Å². The maximum atomic E-state index is 6.42. The van der Waals surface area contributed by atoms with Gasteiger partial charge in [-0.2, -0.15) is 0 Å². The molecule has 126 heavy (non-hydrogen) atoms. The van der Waals surface area contributed by atoms with Crippen LogP contribution in [0.4, 0.5) is 51.2 Å². The Morgan fingerprint density at radius 3 is 0.841 bits per heavy atom. The van der Waals surface area contributed by atoms with Crippen molar-refractivity contribution < 1.29 is 23.0 Å². The topological polar surface area (TPSA) is 151 Å². The Morgan fingerprint density at radius 2 is 0.484 bits per heavy atom. The quantitative estimate of drug-likeness (QED) is 0.121. The Labute approximate surface area is 729 Å². The minimum Gasteiger partial charge on any atom is -0.453 e. The van der Waals surface area contributed by atoms with Crippen LogP contribution >= 0.6 is 22.7 Å². The van der Waals surface area contributed by atoms with Crippen LogP contribution in [0.2, 0.25) is 0 Å². The lowest BCUT2D eigenvalue weighted by Crippen LogP contribution is -2.16. The van der Waals surface area contributed by atoms with Crippen LogP contribution in [-0.4, -0.2) is 39.0 Å². The fourth-order valence-corrected chi connectivity index (χ4v) is 18.9. The van der Waals surface area contributed by atoms with Crippen molar-refractivity contribution in [2.24, 2.45) is 0 Å². The Hall–Kier alpha value is -16.8. The molecule has 0 atom stereocenters. The van der Waals surface area contributed by atoms with Gasteiger partial charge >= 0.3 is 0 Å². The predicted molar refractivity (Wildman–Crippen MR) is 507 cm³/mol. The van der Waals surface area contributed by atoms with Crippen molar-refractivity contribution in [3.8, 4) is 113 Å². The first-order valence-corrected chi connectivity index (χ1v) is 43.0. The number of imidazole rings is 2. The van der Waals surface area contributed by atoms with E-state index in [0.717, 1.165) is 207 Å². The molecule has 3 aliphatic heterocycles. The van der Waals surface area contributed by atoms with Gasteiger partial charge in [0.25, 0.3) is 0 Å².